The van der Waals surface area contributed by atoms with Crippen molar-refractivity contribution in [1.82, 2.24) is 0 Å². The van der Waals surface area contributed by atoms with Gasteiger partial charge in [-0.1, -0.05) is 30.3 Å². The van der Waals surface area contributed by atoms with E-state index in [2.05, 4.69) is 12.1 Å². The predicted molar refractivity (Wildman–Crippen MR) is 85.0 cm³/mol. The minimum atomic E-state index is -0.472. The lowest BCUT2D eigenvalue weighted by atomic mass is 9.88. The molecule has 0 bridgehead atoms. The van der Waals surface area contributed by atoms with Crippen molar-refractivity contribution in [1.29, 1.82) is 0 Å². The van der Waals surface area contributed by atoms with E-state index in [9.17, 15) is 9.18 Å². The molecule has 1 aliphatic rings. The van der Waals surface area contributed by atoms with Crippen LogP contribution in [0.15, 0.2) is 48.5 Å². The highest BCUT2D eigenvalue weighted by Gasteiger charge is 2.33. The van der Waals surface area contributed by atoms with Gasteiger partial charge < -0.3 is 9.47 Å². The number of halogens is 1. The van der Waals surface area contributed by atoms with E-state index in [1.165, 1.54) is 24.8 Å². The number of methoxy groups -OCH3 is 1. The normalized spacial score (nSPS) is 19.6. The first-order valence-corrected chi connectivity index (χ1v) is 7.75. The zero-order valence-corrected chi connectivity index (χ0v) is 13.0. The zero-order valence-electron chi connectivity index (χ0n) is 13.0. The maximum Gasteiger partial charge on any atom is 0.313 e. The van der Waals surface area contributed by atoms with Crippen molar-refractivity contribution in [3.05, 3.63) is 65.5 Å². The average molecular weight is 314 g/mol. The molecule has 0 radical (unpaired) electrons. The van der Waals surface area contributed by atoms with Gasteiger partial charge in [0.05, 0.1) is 13.0 Å². The molecule has 0 aliphatic carbocycles. The predicted octanol–water partition coefficient (Wildman–Crippen LogP) is 3.87. The molecule has 0 amide bonds. The van der Waals surface area contributed by atoms with Gasteiger partial charge in [-0.2, -0.15) is 0 Å². The van der Waals surface area contributed by atoms with Crippen molar-refractivity contribution < 1.29 is 18.7 Å². The molecule has 1 aliphatic heterocycles. The van der Waals surface area contributed by atoms with Gasteiger partial charge in [0, 0.05) is 12.0 Å². The lowest BCUT2D eigenvalue weighted by Gasteiger charge is -2.31. The Bertz CT molecular complexity index is 684. The molecule has 23 heavy (non-hydrogen) atoms. The number of aryl methyl sites for hydroxylation is 1. The second kappa shape index (κ2) is 6.82. The molecule has 3 rings (SSSR count). The van der Waals surface area contributed by atoms with Crippen molar-refractivity contribution in [2.45, 2.75) is 31.3 Å². The number of benzene rings is 2. The third-order valence-corrected chi connectivity index (χ3v) is 4.22. The highest BCUT2D eigenvalue weighted by atomic mass is 19.1. The van der Waals surface area contributed by atoms with Gasteiger partial charge in [-0.05, 0) is 36.6 Å². The third-order valence-electron chi connectivity index (χ3n) is 4.22. The molecule has 2 aromatic rings. The molecule has 2 aromatic carbocycles. The maximum atomic E-state index is 13.5. The lowest BCUT2D eigenvalue weighted by Crippen LogP contribution is -2.30. The van der Waals surface area contributed by atoms with E-state index in [0.29, 0.717) is 17.7 Å². The van der Waals surface area contributed by atoms with Gasteiger partial charge in [-0.25, -0.2) is 4.39 Å². The fraction of sp³-hybridized carbons (Fsp3) is 0.316. The van der Waals surface area contributed by atoms with Crippen molar-refractivity contribution >= 4 is 5.97 Å². The second-order valence-electron chi connectivity index (χ2n) is 5.76. The summed E-state index contributed by atoms with van der Waals surface area (Å²) < 4.78 is 24.3. The monoisotopic (exact) mass is 314 g/mol. The molecule has 4 heteroatoms. The standard InChI is InChI=1S/C19H19FO3/c1-22-19(21)17-12-15(9-7-13-5-3-2-4-6-13)23-18-10-8-14(20)11-16(17)18/h2-6,8,10-11,15,17H,7,9,12H2,1H3. The number of carbonyl (C=O) groups is 1. The average Bonchev–Trinajstić information content (AvgIpc) is 2.59. The molecule has 1 heterocycles. The zero-order chi connectivity index (χ0) is 16.2. The molecule has 0 saturated carbocycles. The maximum absolute atomic E-state index is 13.5. The van der Waals surface area contributed by atoms with E-state index in [1.807, 2.05) is 18.2 Å². The molecule has 0 spiro atoms. The topological polar surface area (TPSA) is 35.5 Å². The van der Waals surface area contributed by atoms with Gasteiger partial charge in [0.1, 0.15) is 17.7 Å². The molecule has 0 saturated heterocycles. The van der Waals surface area contributed by atoms with Crippen LogP contribution in [-0.4, -0.2) is 19.2 Å². The minimum Gasteiger partial charge on any atom is -0.490 e. The van der Waals surface area contributed by atoms with E-state index in [1.54, 1.807) is 6.07 Å². The number of esters is 1. The number of hydrogen-bond acceptors (Lipinski definition) is 3. The Morgan fingerprint density at radius 2 is 2.04 bits per heavy atom. The third kappa shape index (κ3) is 3.52. The van der Waals surface area contributed by atoms with Crippen molar-refractivity contribution in [3.8, 4) is 5.75 Å². The quantitative estimate of drug-likeness (QED) is 0.804. The van der Waals surface area contributed by atoms with E-state index in [0.717, 1.165) is 12.8 Å². The van der Waals surface area contributed by atoms with Gasteiger partial charge in [-0.3, -0.25) is 4.79 Å². The largest absolute Gasteiger partial charge is 0.490 e. The first-order chi connectivity index (χ1) is 11.2. The van der Waals surface area contributed by atoms with Crippen LogP contribution in [0.4, 0.5) is 4.39 Å². The Kier molecular flexibility index (Phi) is 4.60. The number of fused-ring (bicyclic) bond motifs is 1. The number of ether oxygens (including phenoxy) is 2. The summed E-state index contributed by atoms with van der Waals surface area (Å²) in [5, 5.41) is 0. The Morgan fingerprint density at radius 1 is 1.26 bits per heavy atom. The van der Waals surface area contributed by atoms with E-state index in [-0.39, 0.29) is 17.9 Å². The van der Waals surface area contributed by atoms with Crippen LogP contribution < -0.4 is 4.74 Å². The number of hydrogen-bond donors (Lipinski definition) is 0. The van der Waals surface area contributed by atoms with Crippen LogP contribution in [0.2, 0.25) is 0 Å². The van der Waals surface area contributed by atoms with E-state index in [4.69, 9.17) is 9.47 Å². The molecule has 2 unspecified atom stereocenters. The van der Waals surface area contributed by atoms with Crippen LogP contribution in [-0.2, 0) is 16.0 Å². The minimum absolute atomic E-state index is 0.0859. The van der Waals surface area contributed by atoms with Crippen molar-refractivity contribution in [2.24, 2.45) is 0 Å². The molecule has 2 atom stereocenters. The summed E-state index contributed by atoms with van der Waals surface area (Å²) in [6.07, 6.45) is 2.09. The summed E-state index contributed by atoms with van der Waals surface area (Å²) in [5.41, 5.74) is 1.81. The Hall–Kier alpha value is -2.36. The smallest absolute Gasteiger partial charge is 0.313 e. The Labute approximate surface area is 135 Å². The summed E-state index contributed by atoms with van der Waals surface area (Å²) in [4.78, 5) is 12.1. The number of rotatable bonds is 4. The van der Waals surface area contributed by atoms with Crippen molar-refractivity contribution in [3.63, 3.8) is 0 Å². The van der Waals surface area contributed by atoms with Crippen LogP contribution in [0.3, 0.4) is 0 Å². The van der Waals surface area contributed by atoms with Crippen molar-refractivity contribution in [2.75, 3.05) is 7.11 Å². The van der Waals surface area contributed by atoms with Gasteiger partial charge in [-0.15, -0.1) is 0 Å². The second-order valence-corrected chi connectivity index (χ2v) is 5.76. The molecular weight excluding hydrogens is 295 g/mol. The fourth-order valence-electron chi connectivity index (χ4n) is 3.03. The van der Waals surface area contributed by atoms with Crippen LogP contribution in [0, 0.1) is 5.82 Å². The van der Waals surface area contributed by atoms with E-state index < -0.39 is 5.92 Å². The van der Waals surface area contributed by atoms with E-state index >= 15 is 0 Å². The van der Waals surface area contributed by atoms with Gasteiger partial charge in [0.25, 0.3) is 0 Å². The fourth-order valence-corrected chi connectivity index (χ4v) is 3.03. The lowest BCUT2D eigenvalue weighted by molar-refractivity contribution is -0.143. The molecule has 0 aromatic heterocycles. The Morgan fingerprint density at radius 3 is 2.78 bits per heavy atom. The van der Waals surface area contributed by atoms with Crippen LogP contribution in [0.1, 0.15) is 29.9 Å². The first kappa shape index (κ1) is 15.5. The summed E-state index contributed by atoms with van der Waals surface area (Å²) in [6, 6.07) is 14.5. The van der Waals surface area contributed by atoms with Gasteiger partial charge in [0.15, 0.2) is 0 Å². The molecule has 3 nitrogen and oxygen atoms in total. The number of carbonyl (C=O) groups excluding carboxylic acids is 1. The van der Waals surface area contributed by atoms with Gasteiger partial charge >= 0.3 is 5.97 Å². The van der Waals surface area contributed by atoms with Crippen LogP contribution >= 0.6 is 0 Å². The molecule has 0 N–H and O–H groups in total. The summed E-state index contributed by atoms with van der Waals surface area (Å²) in [5.74, 6) is -0.611. The summed E-state index contributed by atoms with van der Waals surface area (Å²) in [7, 11) is 1.36. The highest BCUT2D eigenvalue weighted by Crippen LogP contribution is 2.38. The molecule has 120 valence electrons. The SMILES string of the molecule is COC(=O)C1CC(CCc2ccccc2)Oc2ccc(F)cc21. The molecular formula is C19H19FO3. The highest BCUT2D eigenvalue weighted by molar-refractivity contribution is 5.79. The summed E-state index contributed by atoms with van der Waals surface area (Å²) in [6.45, 7) is 0. The van der Waals surface area contributed by atoms with Crippen LogP contribution in [0.5, 0.6) is 5.75 Å². The van der Waals surface area contributed by atoms with Gasteiger partial charge in [0.2, 0.25) is 0 Å². The van der Waals surface area contributed by atoms with Crippen LogP contribution in [0.25, 0.3) is 0 Å². The Balaban J connectivity index is 1.77. The molecule has 0 fully saturated rings. The summed E-state index contributed by atoms with van der Waals surface area (Å²) >= 11 is 0. The first-order valence-electron chi connectivity index (χ1n) is 7.75.